The van der Waals surface area contributed by atoms with E-state index in [0.717, 1.165) is 23.7 Å². The van der Waals surface area contributed by atoms with Crippen molar-refractivity contribution in [2.75, 3.05) is 7.11 Å². The largest absolute Gasteiger partial charge is 0.467 e. The van der Waals surface area contributed by atoms with Gasteiger partial charge in [-0.15, -0.1) is 0 Å². The highest BCUT2D eigenvalue weighted by atomic mass is 32.2. The van der Waals surface area contributed by atoms with Gasteiger partial charge in [0.25, 0.3) is 0 Å². The minimum atomic E-state index is -1.33. The van der Waals surface area contributed by atoms with E-state index >= 15 is 0 Å². The first-order chi connectivity index (χ1) is 13.1. The minimum absolute atomic E-state index is 0.00174. The van der Waals surface area contributed by atoms with Crippen molar-refractivity contribution in [3.8, 4) is 0 Å². The zero-order valence-corrected chi connectivity index (χ0v) is 18.3. The summed E-state index contributed by atoms with van der Waals surface area (Å²) in [6, 6.07) is -1.13. The van der Waals surface area contributed by atoms with Crippen molar-refractivity contribution in [2.45, 2.75) is 57.9 Å². The van der Waals surface area contributed by atoms with Gasteiger partial charge in [-0.1, -0.05) is 13.8 Å². The lowest BCUT2D eigenvalue weighted by molar-refractivity contribution is -0.616. The number of esters is 1. The maximum absolute atomic E-state index is 13.4. The molecule has 7 heteroatoms. The molecule has 6 saturated carbocycles. The Kier molecular flexibility index (Phi) is 3.80. The molecule has 3 atom stereocenters. The van der Waals surface area contributed by atoms with Crippen LogP contribution in [-0.2, 0) is 25.3 Å². The first kappa shape index (κ1) is 19.0. The molecule has 0 bridgehead atoms. The molecule has 0 heterocycles. The molecule has 0 spiro atoms. The van der Waals surface area contributed by atoms with Crippen molar-refractivity contribution in [1.82, 2.24) is 10.0 Å². The van der Waals surface area contributed by atoms with E-state index in [1.807, 2.05) is 34.6 Å². The molecule has 0 aromatic rings. The van der Waals surface area contributed by atoms with E-state index in [-0.39, 0.29) is 17.2 Å². The van der Waals surface area contributed by atoms with Gasteiger partial charge >= 0.3 is 5.97 Å². The SMILES string of the molecule is COC(=O)[C@H](CC(C)C)NC(=O)[C@@H](NS(=O)C(C)(C)C)C12C3C4C5C3C1C5C42. The summed E-state index contributed by atoms with van der Waals surface area (Å²) in [6.45, 7) is 9.79. The molecule has 1 unspecified atom stereocenters. The van der Waals surface area contributed by atoms with E-state index in [1.165, 1.54) is 7.11 Å². The van der Waals surface area contributed by atoms with Crippen LogP contribution in [0.4, 0.5) is 0 Å². The van der Waals surface area contributed by atoms with Gasteiger partial charge in [0.15, 0.2) is 0 Å². The van der Waals surface area contributed by atoms with Crippen molar-refractivity contribution < 1.29 is 18.5 Å². The van der Waals surface area contributed by atoms with Crippen molar-refractivity contribution in [3.63, 3.8) is 0 Å². The normalized spacial score (nSPS) is 45.9. The second kappa shape index (κ2) is 5.60. The van der Waals surface area contributed by atoms with Crippen LogP contribution in [0, 0.1) is 52.8 Å². The predicted molar refractivity (Wildman–Crippen MR) is 105 cm³/mol. The molecule has 0 radical (unpaired) electrons. The number of carbonyl (C=O) groups is 2. The zero-order chi connectivity index (χ0) is 20.3. The second-order valence-electron chi connectivity index (χ2n) is 11.0. The Morgan fingerprint density at radius 1 is 1.07 bits per heavy atom. The third kappa shape index (κ3) is 1.91. The number of ether oxygens (including phenoxy) is 1. The number of hydrogen-bond donors (Lipinski definition) is 2. The number of hydrogen-bond acceptors (Lipinski definition) is 4. The predicted octanol–water partition coefficient (Wildman–Crippen LogP) is 1.48. The number of methoxy groups -OCH3 is 1. The highest BCUT2D eigenvalue weighted by molar-refractivity contribution is 7.84. The molecule has 6 nitrogen and oxygen atoms in total. The summed E-state index contributed by atoms with van der Waals surface area (Å²) in [6.07, 6.45) is 0.534. The second-order valence-corrected chi connectivity index (χ2v) is 13.0. The van der Waals surface area contributed by atoms with Crippen molar-refractivity contribution in [1.29, 1.82) is 0 Å². The Balaban J connectivity index is 1.37. The van der Waals surface area contributed by atoms with Gasteiger partial charge in [-0.3, -0.25) is 4.79 Å². The third-order valence-electron chi connectivity index (χ3n) is 8.61. The van der Waals surface area contributed by atoms with Gasteiger partial charge in [-0.2, -0.15) is 0 Å². The quantitative estimate of drug-likeness (QED) is 0.596. The van der Waals surface area contributed by atoms with Crippen LogP contribution >= 0.6 is 0 Å². The molecule has 2 N–H and O–H groups in total. The Labute approximate surface area is 169 Å². The molecule has 0 saturated heterocycles. The fourth-order valence-electron chi connectivity index (χ4n) is 7.85. The van der Waals surface area contributed by atoms with Gasteiger partial charge in [0, 0.05) is 5.41 Å². The van der Waals surface area contributed by atoms with Gasteiger partial charge in [-0.25, -0.2) is 13.7 Å². The van der Waals surface area contributed by atoms with Crippen LogP contribution in [0.2, 0.25) is 0 Å². The average molecular weight is 409 g/mol. The van der Waals surface area contributed by atoms with Crippen LogP contribution in [0.25, 0.3) is 0 Å². The first-order valence-electron chi connectivity index (χ1n) is 10.6. The molecule has 6 aliphatic rings. The fourth-order valence-corrected chi connectivity index (χ4v) is 8.73. The number of amides is 1. The standard InChI is InChI=1S/C21H32N2O4S/c1-8(2)7-9(19(25)27-6)22-18(24)17(23-28(26)20(3,4)5)21-14-11-10-12(14)16(21)13(10)15(11)21/h8-17,23H,7H2,1-6H3,(H,22,24)/t9-,10?,11?,12?,13?,14?,15?,16?,17+,21?,28?/m0/s1. The van der Waals surface area contributed by atoms with Gasteiger partial charge in [0.2, 0.25) is 5.91 Å². The van der Waals surface area contributed by atoms with E-state index in [1.54, 1.807) is 0 Å². The number of carbonyl (C=O) groups excluding carboxylic acids is 2. The minimum Gasteiger partial charge on any atom is -0.467 e. The lowest BCUT2D eigenvalue weighted by Crippen LogP contribution is -3.08. The monoisotopic (exact) mass is 408 g/mol. The third-order valence-corrected chi connectivity index (χ3v) is 10.2. The summed E-state index contributed by atoms with van der Waals surface area (Å²) in [5.74, 6) is 5.01. The Bertz CT molecular complexity index is 722. The van der Waals surface area contributed by atoms with Gasteiger partial charge < -0.3 is 10.1 Å². The van der Waals surface area contributed by atoms with E-state index in [4.69, 9.17) is 4.74 Å². The molecule has 0 aliphatic heterocycles. The van der Waals surface area contributed by atoms with E-state index in [9.17, 15) is 13.8 Å². The molecule has 28 heavy (non-hydrogen) atoms. The van der Waals surface area contributed by atoms with E-state index in [2.05, 4.69) is 10.0 Å². The highest BCUT2D eigenvalue weighted by Gasteiger charge is 3.05. The van der Waals surface area contributed by atoms with Crippen LogP contribution in [-0.4, -0.2) is 40.0 Å². The fraction of sp³-hybridized carbons (Fsp3) is 0.905. The average Bonchev–Trinajstić information content (AvgIpc) is 2.63. The Morgan fingerprint density at radius 2 is 1.61 bits per heavy atom. The summed E-state index contributed by atoms with van der Waals surface area (Å²) in [4.78, 5) is 25.6. The first-order valence-corrected chi connectivity index (χ1v) is 11.8. The number of nitrogens with one attached hydrogen (secondary N) is 2. The highest BCUT2D eigenvalue weighted by Crippen LogP contribution is 3.06. The smallest absolute Gasteiger partial charge is 0.328 e. The molecule has 1 amide bonds. The molecule has 6 fully saturated rings. The lowest BCUT2D eigenvalue weighted by Gasteiger charge is -3.08. The van der Waals surface area contributed by atoms with Crippen LogP contribution in [0.5, 0.6) is 0 Å². The summed E-state index contributed by atoms with van der Waals surface area (Å²) < 4.78 is 20.6. The van der Waals surface area contributed by atoms with Crippen molar-refractivity contribution >= 4 is 22.9 Å². The molecule has 0 aromatic carbocycles. The van der Waals surface area contributed by atoms with Crippen molar-refractivity contribution in [3.05, 3.63) is 0 Å². The number of rotatable bonds is 8. The molecule has 6 aliphatic carbocycles. The molecule has 0 aromatic heterocycles. The van der Waals surface area contributed by atoms with Gasteiger partial charge in [-0.05, 0) is 74.5 Å². The summed E-state index contributed by atoms with van der Waals surface area (Å²) in [5.41, 5.74) is -0.00174. The summed E-state index contributed by atoms with van der Waals surface area (Å²) >= 11 is 0. The van der Waals surface area contributed by atoms with Gasteiger partial charge in [0.05, 0.1) is 22.8 Å². The van der Waals surface area contributed by atoms with Crippen LogP contribution in [0.1, 0.15) is 41.0 Å². The van der Waals surface area contributed by atoms with Gasteiger partial charge in [0.1, 0.15) is 12.1 Å². The van der Waals surface area contributed by atoms with E-state index < -0.39 is 33.8 Å². The summed E-state index contributed by atoms with van der Waals surface area (Å²) in [7, 11) is 0.0207. The molecular formula is C21H32N2O4S. The maximum Gasteiger partial charge on any atom is 0.328 e. The molecule has 156 valence electrons. The Hall–Kier alpha value is -0.950. The zero-order valence-electron chi connectivity index (χ0n) is 17.5. The summed E-state index contributed by atoms with van der Waals surface area (Å²) in [5, 5.41) is 2.95. The van der Waals surface area contributed by atoms with Crippen LogP contribution in [0.15, 0.2) is 0 Å². The topological polar surface area (TPSA) is 84.5 Å². The lowest BCUT2D eigenvalue weighted by atomic mass is 8.96. The van der Waals surface area contributed by atoms with Crippen LogP contribution in [0.3, 0.4) is 0 Å². The van der Waals surface area contributed by atoms with Crippen LogP contribution < -0.4 is 10.0 Å². The van der Waals surface area contributed by atoms with E-state index in [0.29, 0.717) is 24.2 Å². The maximum atomic E-state index is 13.4. The van der Waals surface area contributed by atoms with Crippen molar-refractivity contribution in [2.24, 2.45) is 52.8 Å². The molecule has 6 rings (SSSR count). The molecular weight excluding hydrogens is 376 g/mol. The Morgan fingerprint density at radius 3 is 2.04 bits per heavy atom.